The summed E-state index contributed by atoms with van der Waals surface area (Å²) in [6, 6.07) is 21.8. The van der Waals surface area contributed by atoms with Crippen LogP contribution < -0.4 is 10.6 Å². The summed E-state index contributed by atoms with van der Waals surface area (Å²) >= 11 is 0. The number of hydrogen-bond acceptors (Lipinski definition) is 8. The van der Waals surface area contributed by atoms with Crippen molar-refractivity contribution in [3.63, 3.8) is 0 Å². The quantitative estimate of drug-likeness (QED) is 0.106. The van der Waals surface area contributed by atoms with E-state index in [1.807, 2.05) is 85.2 Å². The molecule has 4 heterocycles. The van der Waals surface area contributed by atoms with Crippen molar-refractivity contribution in [2.45, 2.75) is 89.6 Å². The summed E-state index contributed by atoms with van der Waals surface area (Å²) in [5.74, 6) is 0.641. The Morgan fingerprint density at radius 2 is 1.55 bits per heavy atom. The Balaban J connectivity index is 0.959. The van der Waals surface area contributed by atoms with E-state index in [2.05, 4.69) is 27.5 Å². The minimum Gasteiger partial charge on any atom is -0.453 e. The van der Waals surface area contributed by atoms with Gasteiger partial charge in [0.2, 0.25) is 5.91 Å². The minimum atomic E-state index is -0.942. The van der Waals surface area contributed by atoms with E-state index in [0.717, 1.165) is 46.6 Å². The van der Waals surface area contributed by atoms with Gasteiger partial charge in [-0.05, 0) is 96.7 Å². The SMILES string of the molecule is COC(=O)N[C@H](C(=O)N1[C@H](C)C(C)C[C@H]1c1nc2c(ccc3cc(-c4ccc(-c5cnc([C@@H]6[C@H]7CC[C@H](C7)N6C(=O)[C@H](NC(=O)OC)c6ccccc6)[nH]5)c(F)c4)ccc32)[nH]1)C(C)C. The van der Waals surface area contributed by atoms with Gasteiger partial charge in [0.25, 0.3) is 5.91 Å². The van der Waals surface area contributed by atoms with E-state index in [1.165, 1.54) is 20.3 Å². The number of imidazole rings is 2. The molecule has 3 aliphatic rings. The van der Waals surface area contributed by atoms with Crippen LogP contribution in [0.4, 0.5) is 14.0 Å². The number of carbonyl (C=O) groups excluding carboxylic acids is 4. The van der Waals surface area contributed by atoms with E-state index in [1.54, 1.807) is 24.4 Å². The molecule has 1 saturated carbocycles. The lowest BCUT2D eigenvalue weighted by molar-refractivity contribution is -0.138. The zero-order valence-corrected chi connectivity index (χ0v) is 36.7. The minimum absolute atomic E-state index is 0.00679. The highest BCUT2D eigenvalue weighted by Gasteiger charge is 2.51. The van der Waals surface area contributed by atoms with Crippen LogP contribution in [0.15, 0.2) is 85.1 Å². The van der Waals surface area contributed by atoms with E-state index < -0.39 is 30.1 Å². The van der Waals surface area contributed by atoms with Crippen molar-refractivity contribution in [3.05, 3.63) is 108 Å². The van der Waals surface area contributed by atoms with Crippen LogP contribution in [0.3, 0.4) is 0 Å². The van der Waals surface area contributed by atoms with Crippen molar-refractivity contribution >= 4 is 45.8 Å². The van der Waals surface area contributed by atoms with Gasteiger partial charge in [-0.1, -0.05) is 75.4 Å². The van der Waals surface area contributed by atoms with E-state index >= 15 is 4.39 Å². The zero-order valence-electron chi connectivity index (χ0n) is 36.7. The number of fused-ring (bicyclic) bond motifs is 5. The Bertz CT molecular complexity index is 2750. The Kier molecular flexibility index (Phi) is 11.3. The molecule has 0 spiro atoms. The molecule has 4 N–H and O–H groups in total. The predicted octanol–water partition coefficient (Wildman–Crippen LogP) is 8.74. The third-order valence-electron chi connectivity index (χ3n) is 13.8. The van der Waals surface area contributed by atoms with Gasteiger partial charge in [0.05, 0.1) is 49.2 Å². The summed E-state index contributed by atoms with van der Waals surface area (Å²) < 4.78 is 25.9. The fraction of sp³-hybridized carbons (Fsp3) is 0.388. The number of nitrogens with one attached hydrogen (secondary N) is 4. The first-order valence-corrected chi connectivity index (χ1v) is 22.0. The molecule has 4 aromatic carbocycles. The van der Waals surface area contributed by atoms with Crippen molar-refractivity contribution in [2.24, 2.45) is 17.8 Å². The number of methoxy groups -OCH3 is 2. The first kappa shape index (κ1) is 42.5. The molecular formula is C49H53FN8O6. The van der Waals surface area contributed by atoms with Gasteiger partial charge >= 0.3 is 12.2 Å². The molecule has 15 heteroatoms. The second kappa shape index (κ2) is 17.1. The van der Waals surface area contributed by atoms with Gasteiger partial charge in [-0.25, -0.2) is 23.9 Å². The summed E-state index contributed by atoms with van der Waals surface area (Å²) in [4.78, 5) is 73.3. The summed E-state index contributed by atoms with van der Waals surface area (Å²) in [5, 5.41) is 7.31. The second-order valence-electron chi connectivity index (χ2n) is 17.9. The highest BCUT2D eigenvalue weighted by atomic mass is 19.1. The third kappa shape index (κ3) is 7.60. The van der Waals surface area contributed by atoms with Crippen molar-refractivity contribution in [1.82, 2.24) is 40.4 Å². The maximum atomic E-state index is 16.2. The van der Waals surface area contributed by atoms with Crippen LogP contribution >= 0.6 is 0 Å². The van der Waals surface area contributed by atoms with E-state index in [-0.39, 0.29) is 53.7 Å². The lowest BCUT2D eigenvalue weighted by atomic mass is 9.96. The Hall–Kier alpha value is -6.77. The van der Waals surface area contributed by atoms with Gasteiger partial charge in [0, 0.05) is 23.0 Å². The third-order valence-corrected chi connectivity index (χ3v) is 13.8. The maximum absolute atomic E-state index is 16.2. The molecule has 64 heavy (non-hydrogen) atoms. The summed E-state index contributed by atoms with van der Waals surface area (Å²) in [7, 11) is 2.55. The average molecular weight is 869 g/mol. The van der Waals surface area contributed by atoms with Gasteiger partial charge in [-0.3, -0.25) is 9.59 Å². The first-order valence-electron chi connectivity index (χ1n) is 22.0. The molecule has 6 aromatic rings. The normalized spacial score (nSPS) is 22.6. The molecule has 9 rings (SSSR count). The number of rotatable bonds is 10. The lowest BCUT2D eigenvalue weighted by Crippen LogP contribution is -2.53. The van der Waals surface area contributed by atoms with Crippen LogP contribution in [0, 0.1) is 23.6 Å². The number of aromatic nitrogens is 4. The highest BCUT2D eigenvalue weighted by molar-refractivity contribution is 6.05. The number of H-pyrrole nitrogens is 2. The van der Waals surface area contributed by atoms with Crippen LogP contribution in [0.1, 0.15) is 88.7 Å². The number of nitrogens with zero attached hydrogens (tertiary/aromatic N) is 4. The van der Waals surface area contributed by atoms with E-state index in [9.17, 15) is 19.2 Å². The fourth-order valence-corrected chi connectivity index (χ4v) is 10.3. The number of piperidine rings is 1. The number of likely N-dealkylation sites (tertiary alicyclic amines) is 2. The van der Waals surface area contributed by atoms with Gasteiger partial charge in [0.15, 0.2) is 0 Å². The molecule has 14 nitrogen and oxygen atoms in total. The summed E-state index contributed by atoms with van der Waals surface area (Å²) in [5.41, 5.74) is 4.64. The summed E-state index contributed by atoms with van der Waals surface area (Å²) in [6.45, 7) is 7.95. The predicted molar refractivity (Wildman–Crippen MR) is 239 cm³/mol. The van der Waals surface area contributed by atoms with E-state index in [0.29, 0.717) is 40.5 Å². The molecule has 0 radical (unpaired) electrons. The molecule has 2 bridgehead atoms. The fourth-order valence-electron chi connectivity index (χ4n) is 10.3. The van der Waals surface area contributed by atoms with Gasteiger partial charge in [-0.2, -0.15) is 0 Å². The molecule has 2 aliphatic heterocycles. The molecule has 332 valence electrons. The van der Waals surface area contributed by atoms with Crippen molar-refractivity contribution in [2.75, 3.05) is 14.2 Å². The molecule has 2 aromatic heterocycles. The van der Waals surface area contributed by atoms with Crippen LogP contribution in [0.2, 0.25) is 0 Å². The van der Waals surface area contributed by atoms with Crippen LogP contribution in [0.5, 0.6) is 0 Å². The molecular weight excluding hydrogens is 816 g/mol. The molecule has 4 amide bonds. The number of amides is 4. The first-order chi connectivity index (χ1) is 30.8. The van der Waals surface area contributed by atoms with Crippen LogP contribution in [0.25, 0.3) is 44.2 Å². The van der Waals surface area contributed by atoms with Crippen LogP contribution in [-0.2, 0) is 19.1 Å². The molecule has 8 atom stereocenters. The van der Waals surface area contributed by atoms with Gasteiger partial charge in [-0.15, -0.1) is 0 Å². The number of aromatic amines is 2. The topological polar surface area (TPSA) is 175 Å². The Morgan fingerprint density at radius 1 is 0.812 bits per heavy atom. The van der Waals surface area contributed by atoms with Crippen molar-refractivity contribution < 1.29 is 33.0 Å². The highest BCUT2D eigenvalue weighted by Crippen LogP contribution is 2.51. The number of benzene rings is 4. The number of carbonyl (C=O) groups is 4. The van der Waals surface area contributed by atoms with Gasteiger partial charge < -0.3 is 39.9 Å². The monoisotopic (exact) mass is 868 g/mol. The lowest BCUT2D eigenvalue weighted by Gasteiger charge is -2.36. The maximum Gasteiger partial charge on any atom is 0.407 e. The standard InChI is InChI=1S/C49H53FN8O6/c1-25(2)40(55-48(61)63-5)46(59)57-27(4)26(3)20-39(57)44-52-37-19-15-31-21-29(13-17-34(31)42(37)54-44)30-14-18-35(36(50)23-30)38-24-51-45(53-38)43-32-12-16-33(22-32)58(43)47(60)41(56-49(62)64-6)28-10-8-7-9-11-28/h7-11,13-15,17-19,21,23-27,32-33,39-41,43H,12,16,20,22H2,1-6H3,(H,51,53)(H,52,54)(H,55,61)(H,56,62)/t26?,27-,32+,33-,39+,40+,41-,43+/m1/s1. The van der Waals surface area contributed by atoms with Crippen molar-refractivity contribution in [1.29, 1.82) is 0 Å². The molecule has 3 fully saturated rings. The largest absolute Gasteiger partial charge is 0.453 e. The average Bonchev–Trinajstić information content (AvgIpc) is 4.16. The van der Waals surface area contributed by atoms with Gasteiger partial charge in [0.1, 0.15) is 29.5 Å². The molecule has 1 unspecified atom stereocenters. The molecule has 2 saturated heterocycles. The number of ether oxygens (including phenoxy) is 2. The molecule has 1 aliphatic carbocycles. The zero-order chi connectivity index (χ0) is 45.0. The number of hydrogen-bond donors (Lipinski definition) is 4. The smallest absolute Gasteiger partial charge is 0.407 e. The van der Waals surface area contributed by atoms with Crippen LogP contribution in [-0.4, -0.2) is 86.1 Å². The Morgan fingerprint density at radius 3 is 2.28 bits per heavy atom. The number of halogens is 1. The van der Waals surface area contributed by atoms with Crippen molar-refractivity contribution in [3.8, 4) is 22.4 Å². The van der Waals surface area contributed by atoms with E-state index in [4.69, 9.17) is 19.4 Å². The second-order valence-corrected chi connectivity index (χ2v) is 17.9. The number of alkyl carbamates (subject to hydrolysis) is 2. The Labute approximate surface area is 370 Å². The summed E-state index contributed by atoms with van der Waals surface area (Å²) in [6.07, 6.45) is 3.60.